The molecule has 21 heavy (non-hydrogen) atoms. The van der Waals surface area contributed by atoms with Gasteiger partial charge in [-0.25, -0.2) is 0 Å². The fraction of sp³-hybridized carbons (Fsp3) is 0.357. The quantitative estimate of drug-likeness (QED) is 0.830. The third-order valence-corrected chi connectivity index (χ3v) is 4.12. The maximum absolute atomic E-state index is 12.3. The van der Waals surface area contributed by atoms with Crippen molar-refractivity contribution in [3.05, 3.63) is 40.9 Å². The lowest BCUT2D eigenvalue weighted by atomic mass is 10.2. The topological polar surface area (TPSA) is 59.8 Å². The molecule has 5 nitrogen and oxygen atoms in total. The molecule has 7 heteroatoms. The van der Waals surface area contributed by atoms with Crippen LogP contribution in [0, 0.1) is 6.92 Å². The first-order chi connectivity index (χ1) is 10.1. The standard InChI is InChI=1S/C14H17ClN4OS/c1-3-21-13-5-4-11(15)8-12(13)14(20)16-6-7-19-9-17-18-10(19)2/h4-5,8-9H,3,6-7H2,1-2H3,(H,16,20). The molecule has 0 aliphatic heterocycles. The first-order valence-corrected chi connectivity index (χ1v) is 8.03. The van der Waals surface area contributed by atoms with Crippen LogP contribution >= 0.6 is 23.4 Å². The second kappa shape index (κ2) is 7.47. The van der Waals surface area contributed by atoms with Gasteiger partial charge < -0.3 is 9.88 Å². The van der Waals surface area contributed by atoms with Crippen LogP contribution in [0.2, 0.25) is 5.02 Å². The van der Waals surface area contributed by atoms with Crippen molar-refractivity contribution in [2.45, 2.75) is 25.3 Å². The van der Waals surface area contributed by atoms with Crippen molar-refractivity contribution in [1.29, 1.82) is 0 Å². The Hall–Kier alpha value is -1.53. The van der Waals surface area contributed by atoms with Crippen LogP contribution in [-0.2, 0) is 6.54 Å². The Kier molecular flexibility index (Phi) is 5.64. The number of rotatable bonds is 6. The Balaban J connectivity index is 1.99. The van der Waals surface area contributed by atoms with Crippen molar-refractivity contribution >= 4 is 29.3 Å². The van der Waals surface area contributed by atoms with Crippen LogP contribution in [0.4, 0.5) is 0 Å². The van der Waals surface area contributed by atoms with E-state index in [-0.39, 0.29) is 5.91 Å². The number of thioether (sulfide) groups is 1. The molecule has 0 spiro atoms. The van der Waals surface area contributed by atoms with Crippen LogP contribution in [0.1, 0.15) is 23.1 Å². The molecule has 2 aromatic rings. The van der Waals surface area contributed by atoms with Crippen molar-refractivity contribution in [2.75, 3.05) is 12.3 Å². The van der Waals surface area contributed by atoms with Gasteiger partial charge in [0.15, 0.2) is 0 Å². The van der Waals surface area contributed by atoms with Gasteiger partial charge in [0.1, 0.15) is 12.2 Å². The van der Waals surface area contributed by atoms with Gasteiger partial charge in [0.2, 0.25) is 0 Å². The number of aryl methyl sites for hydroxylation is 1. The monoisotopic (exact) mass is 324 g/mol. The molecule has 0 atom stereocenters. The molecule has 2 rings (SSSR count). The number of halogens is 1. The molecular formula is C14H17ClN4OS. The SMILES string of the molecule is CCSc1ccc(Cl)cc1C(=O)NCCn1cnnc1C. The zero-order valence-electron chi connectivity index (χ0n) is 12.0. The predicted octanol–water partition coefficient (Wildman–Crippen LogP) is 2.78. The summed E-state index contributed by atoms with van der Waals surface area (Å²) < 4.78 is 1.89. The summed E-state index contributed by atoms with van der Waals surface area (Å²) in [5, 5.41) is 11.2. The van der Waals surface area contributed by atoms with E-state index in [0.29, 0.717) is 23.7 Å². The molecule has 0 bridgehead atoms. The minimum atomic E-state index is -0.112. The van der Waals surface area contributed by atoms with Crippen LogP contribution in [0.25, 0.3) is 0 Å². The largest absolute Gasteiger partial charge is 0.350 e. The van der Waals surface area contributed by atoms with Gasteiger partial charge in [-0.2, -0.15) is 0 Å². The summed E-state index contributed by atoms with van der Waals surface area (Å²) in [6, 6.07) is 5.39. The molecule has 0 saturated heterocycles. The summed E-state index contributed by atoms with van der Waals surface area (Å²) in [7, 11) is 0. The Morgan fingerprint density at radius 2 is 2.29 bits per heavy atom. The van der Waals surface area contributed by atoms with Crippen molar-refractivity contribution < 1.29 is 4.79 Å². The summed E-state index contributed by atoms with van der Waals surface area (Å²) in [5.74, 6) is 1.62. The average molecular weight is 325 g/mol. The molecule has 1 amide bonds. The second-order valence-electron chi connectivity index (χ2n) is 4.40. The summed E-state index contributed by atoms with van der Waals surface area (Å²) >= 11 is 7.62. The van der Waals surface area contributed by atoms with Gasteiger partial charge in [0.25, 0.3) is 5.91 Å². The van der Waals surface area contributed by atoms with Crippen LogP contribution in [0.5, 0.6) is 0 Å². The fourth-order valence-electron chi connectivity index (χ4n) is 1.88. The molecule has 0 aliphatic rings. The summed E-state index contributed by atoms with van der Waals surface area (Å²) in [6.45, 7) is 5.08. The maximum atomic E-state index is 12.3. The Bertz CT molecular complexity index is 629. The molecule has 1 aromatic carbocycles. The van der Waals surface area contributed by atoms with Gasteiger partial charge in [-0.05, 0) is 30.9 Å². The van der Waals surface area contributed by atoms with E-state index < -0.39 is 0 Å². The summed E-state index contributed by atoms with van der Waals surface area (Å²) in [4.78, 5) is 13.2. The minimum Gasteiger partial charge on any atom is -0.350 e. The van der Waals surface area contributed by atoms with Crippen molar-refractivity contribution in [3.63, 3.8) is 0 Å². The molecule has 0 unspecified atom stereocenters. The fourth-order valence-corrected chi connectivity index (χ4v) is 2.83. The average Bonchev–Trinajstić information content (AvgIpc) is 2.86. The van der Waals surface area contributed by atoms with Gasteiger partial charge in [-0.3, -0.25) is 4.79 Å². The van der Waals surface area contributed by atoms with E-state index in [0.717, 1.165) is 16.5 Å². The highest BCUT2D eigenvalue weighted by atomic mass is 35.5. The summed E-state index contributed by atoms with van der Waals surface area (Å²) in [6.07, 6.45) is 1.65. The van der Waals surface area contributed by atoms with Crippen LogP contribution in [0.3, 0.4) is 0 Å². The molecule has 0 radical (unpaired) electrons. The van der Waals surface area contributed by atoms with Crippen LogP contribution in [0.15, 0.2) is 29.4 Å². The molecule has 0 saturated carbocycles. The minimum absolute atomic E-state index is 0.112. The van der Waals surface area contributed by atoms with E-state index in [1.165, 1.54) is 0 Å². The first kappa shape index (κ1) is 15.9. The lowest BCUT2D eigenvalue weighted by Crippen LogP contribution is -2.27. The van der Waals surface area contributed by atoms with Crippen molar-refractivity contribution in [2.24, 2.45) is 0 Å². The van der Waals surface area contributed by atoms with Crippen LogP contribution < -0.4 is 5.32 Å². The maximum Gasteiger partial charge on any atom is 0.252 e. The van der Waals surface area contributed by atoms with E-state index in [1.54, 1.807) is 30.2 Å². The molecule has 0 fully saturated rings. The third-order valence-electron chi connectivity index (χ3n) is 2.93. The van der Waals surface area contributed by atoms with Crippen molar-refractivity contribution in [1.82, 2.24) is 20.1 Å². The lowest BCUT2D eigenvalue weighted by molar-refractivity contribution is 0.0949. The van der Waals surface area contributed by atoms with E-state index >= 15 is 0 Å². The Morgan fingerprint density at radius 3 is 2.95 bits per heavy atom. The molecule has 0 aliphatic carbocycles. The Labute approximate surface area is 133 Å². The number of benzene rings is 1. The zero-order valence-corrected chi connectivity index (χ0v) is 13.5. The second-order valence-corrected chi connectivity index (χ2v) is 6.14. The van der Waals surface area contributed by atoms with Gasteiger partial charge in [-0.1, -0.05) is 18.5 Å². The van der Waals surface area contributed by atoms with E-state index in [9.17, 15) is 4.79 Å². The van der Waals surface area contributed by atoms with E-state index in [4.69, 9.17) is 11.6 Å². The first-order valence-electron chi connectivity index (χ1n) is 6.66. The normalized spacial score (nSPS) is 10.6. The zero-order chi connectivity index (χ0) is 15.2. The number of nitrogens with one attached hydrogen (secondary N) is 1. The number of hydrogen-bond acceptors (Lipinski definition) is 4. The van der Waals surface area contributed by atoms with Gasteiger partial charge in [0, 0.05) is 23.0 Å². The lowest BCUT2D eigenvalue weighted by Gasteiger charge is -2.10. The van der Waals surface area contributed by atoms with E-state index in [2.05, 4.69) is 22.4 Å². The highest BCUT2D eigenvalue weighted by molar-refractivity contribution is 7.99. The Morgan fingerprint density at radius 1 is 1.48 bits per heavy atom. The molecule has 1 aromatic heterocycles. The number of carbonyl (C=O) groups excluding carboxylic acids is 1. The van der Waals surface area contributed by atoms with Gasteiger partial charge in [-0.15, -0.1) is 22.0 Å². The van der Waals surface area contributed by atoms with Gasteiger partial charge >= 0.3 is 0 Å². The number of aromatic nitrogens is 3. The number of nitrogens with zero attached hydrogens (tertiary/aromatic N) is 3. The van der Waals surface area contributed by atoms with Gasteiger partial charge in [0.05, 0.1) is 5.56 Å². The number of amides is 1. The smallest absolute Gasteiger partial charge is 0.252 e. The summed E-state index contributed by atoms with van der Waals surface area (Å²) in [5.41, 5.74) is 0.620. The number of hydrogen-bond donors (Lipinski definition) is 1. The van der Waals surface area contributed by atoms with Crippen LogP contribution in [-0.4, -0.2) is 33.0 Å². The highest BCUT2D eigenvalue weighted by Crippen LogP contribution is 2.25. The number of carbonyl (C=O) groups is 1. The van der Waals surface area contributed by atoms with E-state index in [1.807, 2.05) is 17.6 Å². The highest BCUT2D eigenvalue weighted by Gasteiger charge is 2.12. The van der Waals surface area contributed by atoms with Crippen molar-refractivity contribution in [3.8, 4) is 0 Å². The molecule has 1 N–H and O–H groups in total. The molecular weight excluding hydrogens is 308 g/mol. The predicted molar refractivity (Wildman–Crippen MR) is 84.9 cm³/mol. The molecule has 112 valence electrons. The molecule has 1 heterocycles. The third kappa shape index (κ3) is 4.22.